The van der Waals surface area contributed by atoms with E-state index >= 15 is 0 Å². The van der Waals surface area contributed by atoms with E-state index in [0.717, 1.165) is 5.69 Å². The Labute approximate surface area is 80.2 Å². The summed E-state index contributed by atoms with van der Waals surface area (Å²) in [6, 6.07) is 1.71. The number of nitro groups is 1. The molecule has 0 saturated carbocycles. The second-order valence-corrected chi connectivity index (χ2v) is 3.22. The lowest BCUT2D eigenvalue weighted by molar-refractivity contribution is -0.384. The Kier molecular flexibility index (Phi) is 1.73. The highest BCUT2D eigenvalue weighted by Gasteiger charge is 2.17. The van der Waals surface area contributed by atoms with Crippen LogP contribution in [0.1, 0.15) is 11.3 Å². The Bertz CT molecular complexity index is 516. The minimum atomic E-state index is -0.392. The maximum atomic E-state index is 10.8. The molecule has 0 atom stereocenters. The normalized spacial score (nSPS) is 10.7. The van der Waals surface area contributed by atoms with Crippen molar-refractivity contribution in [2.24, 2.45) is 0 Å². The van der Waals surface area contributed by atoms with Gasteiger partial charge >= 0.3 is 5.69 Å². The zero-order valence-electron chi connectivity index (χ0n) is 7.89. The second-order valence-electron chi connectivity index (χ2n) is 3.22. The van der Waals surface area contributed by atoms with Crippen molar-refractivity contribution in [3.05, 3.63) is 39.8 Å². The molecule has 14 heavy (non-hydrogen) atoms. The summed E-state index contributed by atoms with van der Waals surface area (Å²) in [4.78, 5) is 14.5. The van der Waals surface area contributed by atoms with Crippen LogP contribution in [0.5, 0.6) is 0 Å². The Morgan fingerprint density at radius 1 is 1.50 bits per heavy atom. The van der Waals surface area contributed by atoms with Gasteiger partial charge in [0.15, 0.2) is 0 Å². The van der Waals surface area contributed by atoms with Crippen LogP contribution in [-0.2, 0) is 0 Å². The predicted octanol–water partition coefficient (Wildman–Crippen LogP) is 1.86. The number of aromatic nitrogens is 2. The average Bonchev–Trinajstić information content (AvgIpc) is 2.43. The van der Waals surface area contributed by atoms with E-state index in [2.05, 4.69) is 4.98 Å². The van der Waals surface area contributed by atoms with Crippen molar-refractivity contribution < 1.29 is 4.92 Å². The highest BCUT2D eigenvalue weighted by atomic mass is 16.6. The molecule has 5 nitrogen and oxygen atoms in total. The molecule has 2 heterocycles. The molecule has 2 rings (SSSR count). The molecule has 0 fully saturated rings. The Morgan fingerprint density at radius 2 is 2.21 bits per heavy atom. The first kappa shape index (κ1) is 8.68. The van der Waals surface area contributed by atoms with Gasteiger partial charge in [-0.15, -0.1) is 0 Å². The lowest BCUT2D eigenvalue weighted by atomic mass is 10.2. The van der Waals surface area contributed by atoms with Crippen LogP contribution in [0.2, 0.25) is 0 Å². The monoisotopic (exact) mass is 191 g/mol. The molecule has 0 saturated heterocycles. The molecule has 0 unspecified atom stereocenters. The highest BCUT2D eigenvalue weighted by molar-refractivity contribution is 5.63. The van der Waals surface area contributed by atoms with Gasteiger partial charge in [-0.2, -0.15) is 0 Å². The second kappa shape index (κ2) is 2.80. The van der Waals surface area contributed by atoms with E-state index in [0.29, 0.717) is 11.2 Å². The van der Waals surface area contributed by atoms with Gasteiger partial charge in [0.2, 0.25) is 5.65 Å². The van der Waals surface area contributed by atoms with Crippen LogP contribution >= 0.6 is 0 Å². The van der Waals surface area contributed by atoms with E-state index in [1.807, 2.05) is 6.92 Å². The minimum absolute atomic E-state index is 0.0839. The first-order valence-corrected chi connectivity index (χ1v) is 4.19. The summed E-state index contributed by atoms with van der Waals surface area (Å²) >= 11 is 0. The number of hydrogen-bond acceptors (Lipinski definition) is 3. The van der Waals surface area contributed by atoms with Crippen LogP contribution in [0, 0.1) is 24.0 Å². The average molecular weight is 191 g/mol. The topological polar surface area (TPSA) is 60.4 Å². The lowest BCUT2D eigenvalue weighted by Gasteiger charge is -1.98. The lowest BCUT2D eigenvalue weighted by Crippen LogP contribution is -1.96. The summed E-state index contributed by atoms with van der Waals surface area (Å²) in [5.41, 5.74) is 1.90. The maximum absolute atomic E-state index is 10.8. The third kappa shape index (κ3) is 1.14. The molecule has 2 aromatic rings. The maximum Gasteiger partial charge on any atom is 0.315 e. The van der Waals surface area contributed by atoms with Crippen molar-refractivity contribution >= 4 is 11.3 Å². The molecular weight excluding hydrogens is 182 g/mol. The standard InChI is InChI=1S/C9H9N3O2/c1-6-3-4-11-5-7(2)10-9(11)8(6)12(13)14/h3-5H,1-2H3. The SMILES string of the molecule is Cc1cn2ccc(C)c([N+](=O)[O-])c2n1. The first-order valence-electron chi connectivity index (χ1n) is 4.19. The summed E-state index contributed by atoms with van der Waals surface area (Å²) in [6.07, 6.45) is 3.54. The van der Waals surface area contributed by atoms with Gasteiger partial charge in [-0.1, -0.05) is 0 Å². The van der Waals surface area contributed by atoms with E-state index in [9.17, 15) is 10.1 Å². The van der Waals surface area contributed by atoms with Crippen LogP contribution in [0.15, 0.2) is 18.5 Å². The van der Waals surface area contributed by atoms with Crippen LogP contribution in [0.4, 0.5) is 5.69 Å². The molecule has 0 bridgehead atoms. The largest absolute Gasteiger partial charge is 0.315 e. The van der Waals surface area contributed by atoms with Crippen molar-refractivity contribution in [2.75, 3.05) is 0 Å². The third-order valence-corrected chi connectivity index (χ3v) is 2.11. The first-order chi connectivity index (χ1) is 6.59. The van der Waals surface area contributed by atoms with Crippen LogP contribution in [0.25, 0.3) is 5.65 Å². The van der Waals surface area contributed by atoms with Crippen molar-refractivity contribution in [3.8, 4) is 0 Å². The van der Waals surface area contributed by atoms with Crippen molar-refractivity contribution in [1.82, 2.24) is 9.38 Å². The van der Waals surface area contributed by atoms with E-state index in [1.54, 1.807) is 29.8 Å². The van der Waals surface area contributed by atoms with Gasteiger partial charge in [-0.25, -0.2) is 4.98 Å². The van der Waals surface area contributed by atoms with Gasteiger partial charge in [0.1, 0.15) is 0 Å². The fraction of sp³-hybridized carbons (Fsp3) is 0.222. The summed E-state index contributed by atoms with van der Waals surface area (Å²) < 4.78 is 1.67. The van der Waals surface area contributed by atoms with Crippen molar-refractivity contribution in [1.29, 1.82) is 0 Å². The van der Waals surface area contributed by atoms with Gasteiger partial charge in [-0.3, -0.25) is 10.1 Å². The molecule has 2 aromatic heterocycles. The highest BCUT2D eigenvalue weighted by Crippen LogP contribution is 2.23. The molecule has 0 aliphatic carbocycles. The summed E-state index contributed by atoms with van der Waals surface area (Å²) in [7, 11) is 0. The Balaban J connectivity index is 2.88. The van der Waals surface area contributed by atoms with Gasteiger partial charge in [0.05, 0.1) is 10.6 Å². The van der Waals surface area contributed by atoms with Gasteiger partial charge in [0.25, 0.3) is 0 Å². The van der Waals surface area contributed by atoms with E-state index in [1.165, 1.54) is 0 Å². The summed E-state index contributed by atoms with van der Waals surface area (Å²) in [5, 5.41) is 10.8. The third-order valence-electron chi connectivity index (χ3n) is 2.11. The number of aryl methyl sites for hydroxylation is 2. The molecular formula is C9H9N3O2. The summed E-state index contributed by atoms with van der Waals surface area (Å²) in [5.74, 6) is 0. The van der Waals surface area contributed by atoms with Crippen LogP contribution in [-0.4, -0.2) is 14.3 Å². The van der Waals surface area contributed by atoms with E-state index in [-0.39, 0.29) is 5.69 Å². The molecule has 0 spiro atoms. The quantitative estimate of drug-likeness (QED) is 0.510. The molecule has 0 aliphatic heterocycles. The number of fused-ring (bicyclic) bond motifs is 1. The molecule has 0 amide bonds. The zero-order valence-corrected chi connectivity index (χ0v) is 7.89. The number of rotatable bonds is 1. The van der Waals surface area contributed by atoms with Gasteiger partial charge in [0, 0.05) is 18.0 Å². The number of pyridine rings is 1. The molecule has 5 heteroatoms. The number of imidazole rings is 1. The molecule has 0 aromatic carbocycles. The van der Waals surface area contributed by atoms with E-state index < -0.39 is 4.92 Å². The van der Waals surface area contributed by atoms with Crippen LogP contribution in [0.3, 0.4) is 0 Å². The molecule has 72 valence electrons. The number of hydrogen-bond donors (Lipinski definition) is 0. The fourth-order valence-electron chi connectivity index (χ4n) is 1.48. The smallest absolute Gasteiger partial charge is 0.301 e. The fourth-order valence-corrected chi connectivity index (χ4v) is 1.48. The Hall–Kier alpha value is -1.91. The summed E-state index contributed by atoms with van der Waals surface area (Å²) in [6.45, 7) is 3.52. The van der Waals surface area contributed by atoms with Crippen molar-refractivity contribution in [3.63, 3.8) is 0 Å². The van der Waals surface area contributed by atoms with Crippen LogP contribution < -0.4 is 0 Å². The molecule has 0 aliphatic rings. The Morgan fingerprint density at radius 3 is 2.86 bits per heavy atom. The zero-order chi connectivity index (χ0) is 10.3. The van der Waals surface area contributed by atoms with Gasteiger partial charge < -0.3 is 4.40 Å². The predicted molar refractivity (Wildman–Crippen MR) is 51.3 cm³/mol. The van der Waals surface area contributed by atoms with Crippen molar-refractivity contribution in [2.45, 2.75) is 13.8 Å². The minimum Gasteiger partial charge on any atom is -0.301 e. The molecule has 0 radical (unpaired) electrons. The van der Waals surface area contributed by atoms with E-state index in [4.69, 9.17) is 0 Å². The number of nitrogens with zero attached hydrogens (tertiary/aromatic N) is 3. The molecule has 0 N–H and O–H groups in total. The van der Waals surface area contributed by atoms with Gasteiger partial charge in [-0.05, 0) is 19.9 Å².